The maximum atomic E-state index is 9.85. The molecule has 72 valence electrons. The van der Waals surface area contributed by atoms with E-state index in [-0.39, 0.29) is 0 Å². The summed E-state index contributed by atoms with van der Waals surface area (Å²) >= 11 is 6.95. The van der Waals surface area contributed by atoms with Crippen LogP contribution in [0.3, 0.4) is 0 Å². The lowest BCUT2D eigenvalue weighted by Crippen LogP contribution is -2.32. The molecular formula is C7H14O2S3. The Morgan fingerprint density at radius 3 is 2.75 bits per heavy atom. The van der Waals surface area contributed by atoms with E-state index in [0.29, 0.717) is 6.42 Å². The van der Waals surface area contributed by atoms with Crippen LogP contribution in [0, 0.1) is 0 Å². The summed E-state index contributed by atoms with van der Waals surface area (Å²) < 4.78 is 0. The largest absolute Gasteiger partial charge is 0.378 e. The lowest BCUT2D eigenvalue weighted by atomic mass is 10.1. The predicted molar refractivity (Wildman–Crippen MR) is 58.7 cm³/mol. The third kappa shape index (κ3) is 2.73. The van der Waals surface area contributed by atoms with Gasteiger partial charge in [0, 0.05) is 5.08 Å². The van der Waals surface area contributed by atoms with E-state index in [0.717, 1.165) is 23.7 Å². The van der Waals surface area contributed by atoms with Gasteiger partial charge in [-0.3, -0.25) is 0 Å². The van der Waals surface area contributed by atoms with Crippen molar-refractivity contribution in [1.29, 1.82) is 0 Å². The maximum absolute atomic E-state index is 9.85. The summed E-state index contributed by atoms with van der Waals surface area (Å²) in [6.07, 6.45) is 2.61. The van der Waals surface area contributed by atoms with E-state index in [4.69, 9.17) is 0 Å². The molecule has 0 saturated carbocycles. The summed E-state index contributed by atoms with van der Waals surface area (Å²) in [7, 11) is 0. The summed E-state index contributed by atoms with van der Waals surface area (Å²) in [6, 6.07) is 0. The molecular weight excluding hydrogens is 212 g/mol. The topological polar surface area (TPSA) is 40.5 Å². The molecule has 0 radical (unpaired) electrons. The summed E-state index contributed by atoms with van der Waals surface area (Å²) in [5, 5.41) is 20.1. The van der Waals surface area contributed by atoms with E-state index in [1.54, 1.807) is 0 Å². The Kier molecular flexibility index (Phi) is 4.60. The Hall–Kier alpha value is 0.970. The molecule has 0 bridgehead atoms. The number of aliphatic hydroxyl groups excluding tert-OH is 1. The van der Waals surface area contributed by atoms with E-state index in [1.807, 2.05) is 0 Å². The number of thioether (sulfide) groups is 2. The van der Waals surface area contributed by atoms with Crippen LogP contribution in [-0.4, -0.2) is 31.4 Å². The van der Waals surface area contributed by atoms with Crippen LogP contribution in [0.2, 0.25) is 0 Å². The van der Waals surface area contributed by atoms with Gasteiger partial charge >= 0.3 is 0 Å². The summed E-state index contributed by atoms with van der Waals surface area (Å²) in [6.45, 7) is 0. The average molecular weight is 226 g/mol. The van der Waals surface area contributed by atoms with Gasteiger partial charge in [0.05, 0.1) is 0 Å². The van der Waals surface area contributed by atoms with Crippen molar-refractivity contribution in [3.8, 4) is 0 Å². The van der Waals surface area contributed by atoms with Crippen LogP contribution in [0.1, 0.15) is 19.3 Å². The molecule has 1 saturated heterocycles. The second-order valence-corrected chi connectivity index (χ2v) is 5.97. The van der Waals surface area contributed by atoms with Gasteiger partial charge in [-0.05, 0) is 25.0 Å². The van der Waals surface area contributed by atoms with Gasteiger partial charge in [0.25, 0.3) is 0 Å². The molecule has 5 heteroatoms. The average Bonchev–Trinajstić information content (AvgIpc) is 2.34. The Bertz CT molecular complexity index is 145. The van der Waals surface area contributed by atoms with E-state index < -0.39 is 10.4 Å². The van der Waals surface area contributed by atoms with Crippen molar-refractivity contribution in [2.75, 3.05) is 10.8 Å². The van der Waals surface area contributed by atoms with Crippen LogP contribution in [0.5, 0.6) is 0 Å². The van der Waals surface area contributed by atoms with E-state index in [2.05, 4.69) is 12.6 Å². The molecule has 1 fully saturated rings. The fourth-order valence-corrected chi connectivity index (χ4v) is 4.13. The van der Waals surface area contributed by atoms with Gasteiger partial charge in [-0.15, -0.1) is 23.5 Å². The first-order valence-electron chi connectivity index (χ1n) is 3.96. The minimum absolute atomic E-state index is 0.609. The molecule has 2 N–H and O–H groups in total. The lowest BCUT2D eigenvalue weighted by Gasteiger charge is -2.24. The molecule has 1 rings (SSSR count). The van der Waals surface area contributed by atoms with Crippen molar-refractivity contribution in [2.45, 2.75) is 29.6 Å². The first kappa shape index (κ1) is 11.0. The van der Waals surface area contributed by atoms with Crippen molar-refractivity contribution < 1.29 is 10.2 Å². The molecule has 1 heterocycles. The summed E-state index contributed by atoms with van der Waals surface area (Å²) in [5.41, 5.74) is -0.609. The van der Waals surface area contributed by atoms with E-state index >= 15 is 0 Å². The smallest absolute Gasteiger partial charge is 0.146 e. The summed E-state index contributed by atoms with van der Waals surface area (Å²) in [4.78, 5) is -0.895. The maximum Gasteiger partial charge on any atom is 0.146 e. The zero-order valence-electron chi connectivity index (χ0n) is 6.77. The third-order valence-corrected chi connectivity index (χ3v) is 4.98. The highest BCUT2D eigenvalue weighted by atomic mass is 32.2. The number of thiol groups is 1. The second-order valence-electron chi connectivity index (χ2n) is 2.81. The van der Waals surface area contributed by atoms with E-state index in [9.17, 15) is 10.2 Å². The Morgan fingerprint density at radius 1 is 1.50 bits per heavy atom. The predicted octanol–water partition coefficient (Wildman–Crippen LogP) is 1.53. The highest BCUT2D eigenvalue weighted by Gasteiger charge is 2.40. The molecule has 1 aliphatic rings. The van der Waals surface area contributed by atoms with Gasteiger partial charge in [0.15, 0.2) is 0 Å². The van der Waals surface area contributed by atoms with Crippen LogP contribution in [0.15, 0.2) is 0 Å². The number of hydrogen-bond donors (Lipinski definition) is 3. The Balaban J connectivity index is 2.27. The standard InChI is InChI=1S/C7H14O2S3/c8-6-7(9,12-5-11-6)3-1-2-4-10/h6,8-10H,1-5H2. The monoisotopic (exact) mass is 226 g/mol. The fraction of sp³-hybridized carbons (Fsp3) is 1.00. The van der Waals surface area contributed by atoms with Gasteiger partial charge in [0.1, 0.15) is 10.4 Å². The lowest BCUT2D eigenvalue weighted by molar-refractivity contribution is 0.0389. The Labute approximate surface area is 86.9 Å². The quantitative estimate of drug-likeness (QED) is 0.502. The van der Waals surface area contributed by atoms with Crippen molar-refractivity contribution >= 4 is 36.2 Å². The first-order valence-corrected chi connectivity index (χ1v) is 6.62. The van der Waals surface area contributed by atoms with Crippen molar-refractivity contribution in [3.63, 3.8) is 0 Å². The molecule has 2 atom stereocenters. The minimum atomic E-state index is -0.895. The molecule has 0 aromatic carbocycles. The van der Waals surface area contributed by atoms with E-state index in [1.165, 1.54) is 23.5 Å². The third-order valence-electron chi connectivity index (χ3n) is 1.86. The highest BCUT2D eigenvalue weighted by Crippen LogP contribution is 2.45. The van der Waals surface area contributed by atoms with Gasteiger partial charge in [0.2, 0.25) is 0 Å². The van der Waals surface area contributed by atoms with Crippen LogP contribution in [0.4, 0.5) is 0 Å². The minimum Gasteiger partial charge on any atom is -0.378 e. The molecule has 0 amide bonds. The highest BCUT2D eigenvalue weighted by molar-refractivity contribution is 8.20. The Morgan fingerprint density at radius 2 is 2.25 bits per heavy atom. The van der Waals surface area contributed by atoms with Gasteiger partial charge in [-0.1, -0.05) is 0 Å². The number of rotatable bonds is 4. The van der Waals surface area contributed by atoms with Gasteiger partial charge in [-0.2, -0.15) is 12.6 Å². The molecule has 2 unspecified atom stereocenters. The van der Waals surface area contributed by atoms with Crippen LogP contribution < -0.4 is 0 Å². The fourth-order valence-electron chi connectivity index (χ4n) is 1.09. The second kappa shape index (κ2) is 5.00. The molecule has 2 nitrogen and oxygen atoms in total. The van der Waals surface area contributed by atoms with Crippen molar-refractivity contribution in [2.24, 2.45) is 0 Å². The van der Waals surface area contributed by atoms with Crippen LogP contribution >= 0.6 is 36.2 Å². The molecule has 1 aliphatic heterocycles. The SMILES string of the molecule is OC1SCSC1(O)CCCCS. The van der Waals surface area contributed by atoms with Gasteiger partial charge < -0.3 is 10.2 Å². The summed E-state index contributed by atoms with van der Waals surface area (Å²) in [5.74, 6) is 0.851. The molecule has 0 aromatic heterocycles. The normalized spacial score (nSPS) is 35.8. The zero-order chi connectivity index (χ0) is 9.03. The molecule has 12 heavy (non-hydrogen) atoms. The van der Waals surface area contributed by atoms with Gasteiger partial charge in [-0.25, -0.2) is 0 Å². The molecule has 0 aromatic rings. The van der Waals surface area contributed by atoms with Crippen molar-refractivity contribution in [3.05, 3.63) is 0 Å². The number of unbranched alkanes of at least 4 members (excludes halogenated alkanes) is 1. The number of aliphatic hydroxyl groups is 2. The molecule has 0 spiro atoms. The zero-order valence-corrected chi connectivity index (χ0v) is 9.30. The van der Waals surface area contributed by atoms with Crippen LogP contribution in [0.25, 0.3) is 0 Å². The van der Waals surface area contributed by atoms with Crippen molar-refractivity contribution in [1.82, 2.24) is 0 Å². The molecule has 0 aliphatic carbocycles. The van der Waals surface area contributed by atoms with Crippen LogP contribution in [-0.2, 0) is 0 Å². The first-order chi connectivity index (χ1) is 5.69. The number of hydrogen-bond acceptors (Lipinski definition) is 5.